The first-order valence-electron chi connectivity index (χ1n) is 7.91. The van der Waals surface area contributed by atoms with Crippen molar-refractivity contribution in [1.29, 1.82) is 0 Å². The third-order valence-corrected chi connectivity index (χ3v) is 4.11. The number of methoxy groups -OCH3 is 1. The zero-order valence-corrected chi connectivity index (χ0v) is 13.5. The molecule has 0 saturated carbocycles. The van der Waals surface area contributed by atoms with Crippen LogP contribution in [0.3, 0.4) is 0 Å². The van der Waals surface area contributed by atoms with Crippen LogP contribution >= 0.6 is 0 Å². The van der Waals surface area contributed by atoms with Crippen LogP contribution in [0.25, 0.3) is 10.9 Å². The maximum absolute atomic E-state index is 5.27. The molecular formula is C18H22N4O. The first-order chi connectivity index (χ1) is 11.3. The molecule has 0 aliphatic carbocycles. The van der Waals surface area contributed by atoms with Crippen LogP contribution in [0.5, 0.6) is 5.88 Å². The Morgan fingerprint density at radius 2 is 2.17 bits per heavy atom. The fourth-order valence-electron chi connectivity index (χ4n) is 2.93. The van der Waals surface area contributed by atoms with Crippen LogP contribution in [0.4, 0.5) is 0 Å². The Morgan fingerprint density at radius 1 is 1.26 bits per heavy atom. The van der Waals surface area contributed by atoms with E-state index >= 15 is 0 Å². The number of nitrogens with zero attached hydrogens (tertiary/aromatic N) is 2. The molecule has 0 aliphatic rings. The van der Waals surface area contributed by atoms with Crippen molar-refractivity contribution in [3.63, 3.8) is 0 Å². The van der Waals surface area contributed by atoms with Crippen LogP contribution in [0.2, 0.25) is 0 Å². The molecule has 0 amide bonds. The lowest BCUT2D eigenvalue weighted by atomic mass is 9.90. The Labute approximate surface area is 136 Å². The van der Waals surface area contributed by atoms with Gasteiger partial charge in [-0.05, 0) is 56.3 Å². The summed E-state index contributed by atoms with van der Waals surface area (Å²) in [6.07, 6.45) is 4.01. The van der Waals surface area contributed by atoms with Crippen molar-refractivity contribution in [3.8, 4) is 5.88 Å². The molecule has 0 saturated heterocycles. The molecule has 1 aromatic carbocycles. The molecule has 0 bridgehead atoms. The van der Waals surface area contributed by atoms with Gasteiger partial charge in [0, 0.05) is 17.8 Å². The number of fused-ring (bicyclic) bond motifs is 1. The predicted molar refractivity (Wildman–Crippen MR) is 91.9 cm³/mol. The SMILES string of the molecule is CNCCC[C@H](c1ccc2c(OC)n[nH]c2c1)c1ccccn1. The monoisotopic (exact) mass is 310 g/mol. The van der Waals surface area contributed by atoms with Gasteiger partial charge in [0.05, 0.1) is 18.0 Å². The Hall–Kier alpha value is -2.40. The number of pyridine rings is 1. The minimum Gasteiger partial charge on any atom is -0.480 e. The van der Waals surface area contributed by atoms with Crippen molar-refractivity contribution in [2.75, 3.05) is 20.7 Å². The number of nitrogens with one attached hydrogen (secondary N) is 2. The summed E-state index contributed by atoms with van der Waals surface area (Å²) in [6.45, 7) is 1.00. The molecule has 2 heterocycles. The molecule has 2 aromatic heterocycles. The molecule has 5 heteroatoms. The normalized spacial score (nSPS) is 12.4. The van der Waals surface area contributed by atoms with Crippen molar-refractivity contribution < 1.29 is 4.74 Å². The van der Waals surface area contributed by atoms with Crippen LogP contribution in [-0.4, -0.2) is 35.9 Å². The van der Waals surface area contributed by atoms with Crippen LogP contribution < -0.4 is 10.1 Å². The number of benzene rings is 1. The molecule has 3 rings (SSSR count). The van der Waals surface area contributed by atoms with E-state index in [1.807, 2.05) is 25.4 Å². The van der Waals surface area contributed by atoms with Gasteiger partial charge in [0.1, 0.15) is 0 Å². The second kappa shape index (κ2) is 7.24. The van der Waals surface area contributed by atoms with E-state index < -0.39 is 0 Å². The molecule has 0 unspecified atom stereocenters. The lowest BCUT2D eigenvalue weighted by Gasteiger charge is -2.17. The van der Waals surface area contributed by atoms with E-state index in [4.69, 9.17) is 4.74 Å². The third kappa shape index (κ3) is 3.35. The predicted octanol–water partition coefficient (Wildman–Crippen LogP) is 3.10. The number of H-pyrrole nitrogens is 1. The molecule has 120 valence electrons. The average molecular weight is 310 g/mol. The largest absolute Gasteiger partial charge is 0.480 e. The van der Waals surface area contributed by atoms with Gasteiger partial charge in [-0.1, -0.05) is 12.1 Å². The minimum absolute atomic E-state index is 0.281. The van der Waals surface area contributed by atoms with E-state index in [0.29, 0.717) is 5.88 Å². The summed E-state index contributed by atoms with van der Waals surface area (Å²) in [4.78, 5) is 4.56. The van der Waals surface area contributed by atoms with Crippen molar-refractivity contribution in [3.05, 3.63) is 53.9 Å². The van der Waals surface area contributed by atoms with Gasteiger partial charge >= 0.3 is 0 Å². The van der Waals surface area contributed by atoms with Crippen molar-refractivity contribution in [2.45, 2.75) is 18.8 Å². The lowest BCUT2D eigenvalue weighted by Crippen LogP contribution is -2.11. The molecule has 0 fully saturated rings. The molecule has 23 heavy (non-hydrogen) atoms. The molecule has 0 aliphatic heterocycles. The lowest BCUT2D eigenvalue weighted by molar-refractivity contribution is 0.401. The molecule has 1 atom stereocenters. The Bertz CT molecular complexity index is 754. The second-order valence-electron chi connectivity index (χ2n) is 5.59. The van der Waals surface area contributed by atoms with E-state index in [1.165, 1.54) is 5.56 Å². The number of rotatable bonds is 7. The summed E-state index contributed by atoms with van der Waals surface area (Å²) in [7, 11) is 3.62. The van der Waals surface area contributed by atoms with Crippen molar-refractivity contribution in [2.24, 2.45) is 0 Å². The molecular weight excluding hydrogens is 288 g/mol. The van der Waals surface area contributed by atoms with Crippen LogP contribution in [-0.2, 0) is 0 Å². The van der Waals surface area contributed by atoms with E-state index in [-0.39, 0.29) is 5.92 Å². The summed E-state index contributed by atoms with van der Waals surface area (Å²) in [5, 5.41) is 11.5. The number of hydrogen-bond acceptors (Lipinski definition) is 4. The maximum Gasteiger partial charge on any atom is 0.240 e. The fraction of sp³-hybridized carbons (Fsp3) is 0.333. The summed E-state index contributed by atoms with van der Waals surface area (Å²) in [5.41, 5.74) is 3.35. The van der Waals surface area contributed by atoms with Crippen LogP contribution in [0.15, 0.2) is 42.6 Å². The van der Waals surface area contributed by atoms with Crippen LogP contribution in [0.1, 0.15) is 30.0 Å². The Balaban J connectivity index is 1.95. The van der Waals surface area contributed by atoms with E-state index in [1.54, 1.807) is 7.11 Å². The molecule has 3 aromatic rings. The topological polar surface area (TPSA) is 62.8 Å². The summed E-state index contributed by atoms with van der Waals surface area (Å²) < 4.78 is 5.27. The van der Waals surface area contributed by atoms with Gasteiger partial charge in [0.15, 0.2) is 0 Å². The molecule has 5 nitrogen and oxygen atoms in total. The van der Waals surface area contributed by atoms with Gasteiger partial charge < -0.3 is 10.1 Å². The maximum atomic E-state index is 5.27. The highest BCUT2D eigenvalue weighted by atomic mass is 16.5. The van der Waals surface area contributed by atoms with Gasteiger partial charge in [-0.25, -0.2) is 0 Å². The smallest absolute Gasteiger partial charge is 0.240 e. The molecule has 0 spiro atoms. The average Bonchev–Trinajstić information content (AvgIpc) is 3.02. The minimum atomic E-state index is 0.281. The third-order valence-electron chi connectivity index (χ3n) is 4.11. The van der Waals surface area contributed by atoms with Gasteiger partial charge in [-0.15, -0.1) is 5.10 Å². The van der Waals surface area contributed by atoms with Gasteiger partial charge in [0.2, 0.25) is 5.88 Å². The highest BCUT2D eigenvalue weighted by Crippen LogP contribution is 2.31. The summed E-state index contributed by atoms with van der Waals surface area (Å²) in [5.74, 6) is 0.916. The summed E-state index contributed by atoms with van der Waals surface area (Å²) >= 11 is 0. The number of aromatic amines is 1. The van der Waals surface area contributed by atoms with Gasteiger partial charge in [-0.2, -0.15) is 0 Å². The van der Waals surface area contributed by atoms with E-state index in [0.717, 1.165) is 36.0 Å². The Morgan fingerprint density at radius 3 is 2.91 bits per heavy atom. The highest BCUT2D eigenvalue weighted by Gasteiger charge is 2.17. The Kier molecular flexibility index (Phi) is 4.88. The van der Waals surface area contributed by atoms with E-state index in [9.17, 15) is 0 Å². The van der Waals surface area contributed by atoms with Crippen LogP contribution in [0, 0.1) is 0 Å². The van der Waals surface area contributed by atoms with Crippen molar-refractivity contribution >= 4 is 10.9 Å². The second-order valence-corrected chi connectivity index (χ2v) is 5.59. The molecule has 0 radical (unpaired) electrons. The zero-order chi connectivity index (χ0) is 16.1. The number of aromatic nitrogens is 3. The van der Waals surface area contributed by atoms with E-state index in [2.05, 4.69) is 44.8 Å². The molecule has 2 N–H and O–H groups in total. The van der Waals surface area contributed by atoms with Gasteiger partial charge in [-0.3, -0.25) is 10.1 Å². The van der Waals surface area contributed by atoms with Crippen molar-refractivity contribution in [1.82, 2.24) is 20.5 Å². The number of hydrogen-bond donors (Lipinski definition) is 2. The quantitative estimate of drug-likeness (QED) is 0.658. The first-order valence-corrected chi connectivity index (χ1v) is 7.91. The fourth-order valence-corrected chi connectivity index (χ4v) is 2.93. The standard InChI is InChI=1S/C18H22N4O/c1-19-10-5-6-14(16-7-3-4-11-20-16)13-8-9-15-17(12-13)21-22-18(15)23-2/h3-4,7-9,11-12,14,19H,5-6,10H2,1-2H3,(H,21,22)/t14-/m1/s1. The summed E-state index contributed by atoms with van der Waals surface area (Å²) in [6, 6.07) is 12.5. The van der Waals surface area contributed by atoms with Gasteiger partial charge in [0.25, 0.3) is 0 Å². The number of ether oxygens (including phenoxy) is 1. The zero-order valence-electron chi connectivity index (χ0n) is 13.5. The highest BCUT2D eigenvalue weighted by molar-refractivity contribution is 5.84. The first kappa shape index (κ1) is 15.5.